The average molecular weight is 542 g/mol. The van der Waals surface area contributed by atoms with Gasteiger partial charge in [0.15, 0.2) is 0 Å². The number of carboxylic acid groups (broad SMARTS) is 1. The summed E-state index contributed by atoms with van der Waals surface area (Å²) in [5.74, 6) is -3.46. The molecule has 202 valence electrons. The lowest BCUT2D eigenvalue weighted by molar-refractivity contribution is -0.142. The van der Waals surface area contributed by atoms with E-state index in [1.54, 1.807) is 36.5 Å². The number of aliphatic hydroxyl groups excluding tert-OH is 1. The van der Waals surface area contributed by atoms with Gasteiger partial charge in [-0.3, -0.25) is 14.4 Å². The molecular weight excluding hydrogens is 510 g/mol. The molecular formula is C26H31N5O6S. The number of aliphatic hydroxyl groups is 1. The van der Waals surface area contributed by atoms with E-state index in [-0.39, 0.29) is 18.6 Å². The van der Waals surface area contributed by atoms with Crippen molar-refractivity contribution in [3.8, 4) is 0 Å². The molecule has 12 heteroatoms. The standard InChI is InChI=1S/C26H31N5O6S/c27-18(14-38)23(33)29-20(11-16-12-28-19-9-5-4-8-17(16)19)24(34)31-22(13-32)25(35)30-21(26(36)37)10-15-6-2-1-3-7-15/h1-9,12,18,20-22,28,32,38H,10-11,13-14,27H2,(H,29,33)(H,30,35)(H,31,34)(H,36,37). The summed E-state index contributed by atoms with van der Waals surface area (Å²) in [6, 6.07) is 11.3. The summed E-state index contributed by atoms with van der Waals surface area (Å²) in [5, 5.41) is 27.6. The zero-order valence-electron chi connectivity index (χ0n) is 20.5. The smallest absolute Gasteiger partial charge is 0.326 e. The lowest BCUT2D eigenvalue weighted by Crippen LogP contribution is -2.58. The van der Waals surface area contributed by atoms with E-state index in [1.165, 1.54) is 0 Å². The molecule has 0 saturated heterocycles. The van der Waals surface area contributed by atoms with Crippen LogP contribution in [-0.2, 0) is 32.0 Å². The van der Waals surface area contributed by atoms with Crippen molar-refractivity contribution in [1.29, 1.82) is 0 Å². The fourth-order valence-corrected chi connectivity index (χ4v) is 4.05. The molecule has 3 amide bonds. The number of amides is 3. The van der Waals surface area contributed by atoms with Crippen molar-refractivity contribution in [2.75, 3.05) is 12.4 Å². The van der Waals surface area contributed by atoms with Crippen LogP contribution in [0.1, 0.15) is 11.1 Å². The SMILES string of the molecule is NC(CS)C(=O)NC(Cc1c[nH]c2ccccc12)C(=O)NC(CO)C(=O)NC(Cc1ccccc1)C(=O)O. The molecule has 0 saturated carbocycles. The first-order valence-electron chi connectivity index (χ1n) is 11.9. The largest absolute Gasteiger partial charge is 0.480 e. The molecule has 4 unspecified atom stereocenters. The number of thiol groups is 1. The minimum Gasteiger partial charge on any atom is -0.480 e. The van der Waals surface area contributed by atoms with Crippen LogP contribution in [0.2, 0.25) is 0 Å². The van der Waals surface area contributed by atoms with Crippen LogP contribution in [0.3, 0.4) is 0 Å². The Morgan fingerprint density at radius 3 is 2.11 bits per heavy atom. The zero-order chi connectivity index (χ0) is 27.7. The van der Waals surface area contributed by atoms with Crippen molar-refractivity contribution >= 4 is 47.2 Å². The Morgan fingerprint density at radius 1 is 0.842 bits per heavy atom. The lowest BCUT2D eigenvalue weighted by Gasteiger charge is -2.24. The molecule has 0 radical (unpaired) electrons. The van der Waals surface area contributed by atoms with E-state index < -0.39 is 54.5 Å². The van der Waals surface area contributed by atoms with E-state index in [2.05, 4.69) is 33.6 Å². The molecule has 8 N–H and O–H groups in total. The number of aromatic nitrogens is 1. The van der Waals surface area contributed by atoms with Crippen LogP contribution in [-0.4, -0.2) is 75.4 Å². The number of hydrogen-bond donors (Lipinski definition) is 8. The highest BCUT2D eigenvalue weighted by atomic mass is 32.1. The number of nitrogens with two attached hydrogens (primary N) is 1. The van der Waals surface area contributed by atoms with Gasteiger partial charge in [0.1, 0.15) is 18.1 Å². The van der Waals surface area contributed by atoms with Crippen LogP contribution >= 0.6 is 12.6 Å². The summed E-state index contributed by atoms with van der Waals surface area (Å²) in [5.41, 5.74) is 8.03. The molecule has 0 bridgehead atoms. The number of carbonyl (C=O) groups is 4. The number of para-hydroxylation sites is 1. The minimum absolute atomic E-state index is 0.00880. The van der Waals surface area contributed by atoms with Gasteiger partial charge in [-0.1, -0.05) is 48.5 Å². The molecule has 2 aromatic carbocycles. The van der Waals surface area contributed by atoms with Crippen LogP contribution in [0.25, 0.3) is 10.9 Å². The summed E-state index contributed by atoms with van der Waals surface area (Å²) in [6.07, 6.45) is 1.79. The maximum Gasteiger partial charge on any atom is 0.326 e. The third-order valence-corrected chi connectivity index (χ3v) is 6.37. The number of carboxylic acids is 1. The Balaban J connectivity index is 1.75. The molecule has 0 aliphatic carbocycles. The molecule has 0 fully saturated rings. The number of hydrogen-bond acceptors (Lipinski definition) is 7. The third-order valence-electron chi connectivity index (χ3n) is 5.98. The van der Waals surface area contributed by atoms with Gasteiger partial charge in [0, 0.05) is 35.7 Å². The van der Waals surface area contributed by atoms with Crippen molar-refractivity contribution in [3.05, 3.63) is 71.9 Å². The lowest BCUT2D eigenvalue weighted by atomic mass is 10.0. The van der Waals surface area contributed by atoms with Gasteiger partial charge in [0.2, 0.25) is 17.7 Å². The van der Waals surface area contributed by atoms with Gasteiger partial charge in [-0.25, -0.2) is 4.79 Å². The first-order valence-corrected chi connectivity index (χ1v) is 12.6. The number of fused-ring (bicyclic) bond motifs is 1. The highest BCUT2D eigenvalue weighted by Crippen LogP contribution is 2.19. The van der Waals surface area contributed by atoms with Gasteiger partial charge < -0.3 is 36.9 Å². The minimum atomic E-state index is -1.46. The Labute approximate surface area is 224 Å². The second kappa shape index (κ2) is 13.6. The van der Waals surface area contributed by atoms with Crippen molar-refractivity contribution in [2.45, 2.75) is 37.0 Å². The van der Waals surface area contributed by atoms with Gasteiger partial charge in [-0.2, -0.15) is 12.6 Å². The zero-order valence-corrected chi connectivity index (χ0v) is 21.4. The number of H-pyrrole nitrogens is 1. The first kappa shape index (κ1) is 28.7. The number of nitrogens with one attached hydrogen (secondary N) is 4. The van der Waals surface area contributed by atoms with Crippen LogP contribution in [0.4, 0.5) is 0 Å². The number of aliphatic carboxylic acids is 1. The number of benzene rings is 2. The second-order valence-corrected chi connectivity index (χ2v) is 9.11. The van der Waals surface area contributed by atoms with Crippen LogP contribution < -0.4 is 21.7 Å². The Kier molecular flexibility index (Phi) is 10.3. The first-order chi connectivity index (χ1) is 18.2. The van der Waals surface area contributed by atoms with E-state index in [9.17, 15) is 29.4 Å². The van der Waals surface area contributed by atoms with E-state index in [1.807, 2.05) is 24.3 Å². The highest BCUT2D eigenvalue weighted by Gasteiger charge is 2.30. The molecule has 1 aromatic heterocycles. The van der Waals surface area contributed by atoms with Crippen molar-refractivity contribution in [1.82, 2.24) is 20.9 Å². The van der Waals surface area contributed by atoms with Gasteiger partial charge in [0.25, 0.3) is 0 Å². The fourth-order valence-electron chi connectivity index (χ4n) is 3.88. The van der Waals surface area contributed by atoms with Crippen molar-refractivity contribution in [2.24, 2.45) is 5.73 Å². The molecule has 11 nitrogen and oxygen atoms in total. The Hall–Kier alpha value is -3.87. The second-order valence-electron chi connectivity index (χ2n) is 8.75. The maximum atomic E-state index is 13.2. The summed E-state index contributed by atoms with van der Waals surface area (Å²) in [4.78, 5) is 53.4. The number of rotatable bonds is 13. The van der Waals surface area contributed by atoms with Crippen molar-refractivity contribution in [3.63, 3.8) is 0 Å². The predicted molar refractivity (Wildman–Crippen MR) is 144 cm³/mol. The average Bonchev–Trinajstić information content (AvgIpc) is 3.33. The molecule has 38 heavy (non-hydrogen) atoms. The maximum absolute atomic E-state index is 13.2. The number of aromatic amines is 1. The highest BCUT2D eigenvalue weighted by molar-refractivity contribution is 7.80. The van der Waals surface area contributed by atoms with Gasteiger partial charge in [-0.05, 0) is 17.2 Å². The molecule has 0 aliphatic rings. The number of carbonyl (C=O) groups excluding carboxylic acids is 3. The van der Waals surface area contributed by atoms with Gasteiger partial charge in [0.05, 0.1) is 12.6 Å². The van der Waals surface area contributed by atoms with Crippen molar-refractivity contribution < 1.29 is 29.4 Å². The Morgan fingerprint density at radius 2 is 1.45 bits per heavy atom. The van der Waals surface area contributed by atoms with Crippen LogP contribution in [0, 0.1) is 0 Å². The molecule has 0 aliphatic heterocycles. The van der Waals surface area contributed by atoms with Crippen LogP contribution in [0.5, 0.6) is 0 Å². The van der Waals surface area contributed by atoms with E-state index in [0.717, 1.165) is 16.5 Å². The molecule has 3 rings (SSSR count). The van der Waals surface area contributed by atoms with E-state index in [0.29, 0.717) is 5.56 Å². The monoisotopic (exact) mass is 541 g/mol. The molecule has 0 spiro atoms. The summed E-state index contributed by atoms with van der Waals surface area (Å²) < 4.78 is 0. The normalized spacial score (nSPS) is 14.2. The topological polar surface area (TPSA) is 187 Å². The molecule has 4 atom stereocenters. The Bertz CT molecular complexity index is 1270. The van der Waals surface area contributed by atoms with Crippen LogP contribution in [0.15, 0.2) is 60.8 Å². The summed E-state index contributed by atoms with van der Waals surface area (Å²) in [7, 11) is 0. The van der Waals surface area contributed by atoms with Gasteiger partial charge >= 0.3 is 5.97 Å². The predicted octanol–water partition coefficient (Wildman–Crippen LogP) is -0.258. The third kappa shape index (κ3) is 7.57. The van der Waals surface area contributed by atoms with E-state index >= 15 is 0 Å². The molecule has 3 aromatic rings. The summed E-state index contributed by atoms with van der Waals surface area (Å²) >= 11 is 4.02. The van der Waals surface area contributed by atoms with Gasteiger partial charge in [-0.15, -0.1) is 0 Å². The quantitative estimate of drug-likeness (QED) is 0.137. The van der Waals surface area contributed by atoms with E-state index in [4.69, 9.17) is 5.73 Å². The molecule has 1 heterocycles. The summed E-state index contributed by atoms with van der Waals surface area (Å²) in [6.45, 7) is -0.793. The fraction of sp³-hybridized carbons (Fsp3) is 0.308.